The number of aliphatic hydroxyl groups excluding tert-OH is 1. The summed E-state index contributed by atoms with van der Waals surface area (Å²) in [5.74, 6) is -1.40. The van der Waals surface area contributed by atoms with Gasteiger partial charge in [0, 0.05) is 17.1 Å². The Kier molecular flexibility index (Phi) is 5.18. The van der Waals surface area contributed by atoms with E-state index in [1.807, 2.05) is 0 Å². The molecule has 0 spiro atoms. The molecule has 1 saturated heterocycles. The number of aryl methyl sites for hydroxylation is 1. The third-order valence-corrected chi connectivity index (χ3v) is 5.17. The third kappa shape index (κ3) is 3.62. The van der Waals surface area contributed by atoms with E-state index in [-0.39, 0.29) is 17.9 Å². The Morgan fingerprint density at radius 3 is 2.50 bits per heavy atom. The fourth-order valence-electron chi connectivity index (χ4n) is 3.52. The van der Waals surface area contributed by atoms with Crippen LogP contribution in [0.4, 0.5) is 4.39 Å². The average molecular weight is 426 g/mol. The number of carbonyl (C=O) groups excluding carboxylic acids is 2. The highest BCUT2D eigenvalue weighted by molar-refractivity contribution is 6.46. The molecule has 1 fully saturated rings. The largest absolute Gasteiger partial charge is 0.507 e. The van der Waals surface area contributed by atoms with Crippen LogP contribution in [-0.2, 0) is 16.1 Å². The number of furan rings is 1. The Bertz CT molecular complexity index is 1170. The summed E-state index contributed by atoms with van der Waals surface area (Å²) in [4.78, 5) is 27.1. The summed E-state index contributed by atoms with van der Waals surface area (Å²) in [6.45, 7) is 1.79. The minimum Gasteiger partial charge on any atom is -0.507 e. The highest BCUT2D eigenvalue weighted by Crippen LogP contribution is 2.41. The van der Waals surface area contributed by atoms with E-state index in [0.29, 0.717) is 27.7 Å². The van der Waals surface area contributed by atoms with Crippen LogP contribution in [0.15, 0.2) is 70.7 Å². The molecule has 30 heavy (non-hydrogen) atoms. The smallest absolute Gasteiger partial charge is 0.296 e. The number of ketones is 1. The monoisotopic (exact) mass is 425 g/mol. The zero-order chi connectivity index (χ0) is 21.4. The zero-order valence-electron chi connectivity index (χ0n) is 15.9. The van der Waals surface area contributed by atoms with Gasteiger partial charge in [0.25, 0.3) is 11.7 Å². The van der Waals surface area contributed by atoms with E-state index >= 15 is 0 Å². The highest BCUT2D eigenvalue weighted by atomic mass is 35.5. The van der Waals surface area contributed by atoms with Crippen LogP contribution in [0.1, 0.15) is 28.7 Å². The van der Waals surface area contributed by atoms with Crippen LogP contribution in [0.2, 0.25) is 5.02 Å². The molecule has 2 heterocycles. The molecule has 2 aromatic carbocycles. The second-order valence-corrected chi connectivity index (χ2v) is 7.45. The molecule has 5 nitrogen and oxygen atoms in total. The number of amides is 1. The first-order valence-electron chi connectivity index (χ1n) is 9.20. The van der Waals surface area contributed by atoms with Crippen molar-refractivity contribution in [1.29, 1.82) is 0 Å². The van der Waals surface area contributed by atoms with Crippen molar-refractivity contribution in [2.75, 3.05) is 0 Å². The van der Waals surface area contributed by atoms with Crippen LogP contribution >= 0.6 is 11.6 Å². The number of halogens is 2. The maximum atomic E-state index is 13.3. The van der Waals surface area contributed by atoms with Gasteiger partial charge in [-0.15, -0.1) is 0 Å². The molecule has 1 N–H and O–H groups in total. The van der Waals surface area contributed by atoms with Crippen LogP contribution in [-0.4, -0.2) is 21.7 Å². The lowest BCUT2D eigenvalue weighted by molar-refractivity contribution is -0.140. The van der Waals surface area contributed by atoms with Gasteiger partial charge < -0.3 is 14.4 Å². The average Bonchev–Trinajstić information content (AvgIpc) is 3.25. The molecule has 1 aromatic heterocycles. The fraction of sp³-hybridized carbons (Fsp3) is 0.130. The van der Waals surface area contributed by atoms with Crippen molar-refractivity contribution < 1.29 is 23.5 Å². The summed E-state index contributed by atoms with van der Waals surface area (Å²) in [5, 5.41) is 11.3. The summed E-state index contributed by atoms with van der Waals surface area (Å²) in [7, 11) is 0. The normalized spacial score (nSPS) is 18.2. The van der Waals surface area contributed by atoms with E-state index in [2.05, 4.69) is 0 Å². The number of hydrogen-bond acceptors (Lipinski definition) is 4. The molecule has 1 amide bonds. The Hall–Kier alpha value is -3.38. The highest BCUT2D eigenvalue weighted by Gasteiger charge is 2.47. The van der Waals surface area contributed by atoms with Gasteiger partial charge in [0.1, 0.15) is 29.1 Å². The minimum absolute atomic E-state index is 0.0432. The van der Waals surface area contributed by atoms with E-state index in [1.54, 1.807) is 37.3 Å². The molecule has 0 saturated carbocycles. The van der Waals surface area contributed by atoms with E-state index < -0.39 is 23.5 Å². The summed E-state index contributed by atoms with van der Waals surface area (Å²) in [6.07, 6.45) is 0. The molecule has 1 atom stereocenters. The van der Waals surface area contributed by atoms with Gasteiger partial charge in [-0.25, -0.2) is 4.39 Å². The van der Waals surface area contributed by atoms with E-state index in [1.165, 1.54) is 35.2 Å². The maximum absolute atomic E-state index is 13.3. The first-order valence-corrected chi connectivity index (χ1v) is 9.58. The third-order valence-electron chi connectivity index (χ3n) is 4.93. The van der Waals surface area contributed by atoms with Gasteiger partial charge in [-0.05, 0) is 48.9 Å². The number of carbonyl (C=O) groups is 2. The SMILES string of the molecule is Cc1ccc(C2/C(=C(/O)c3cccc(Cl)c3)C(=O)C(=O)N2Cc2ccc(F)cc2)o1. The summed E-state index contributed by atoms with van der Waals surface area (Å²) >= 11 is 6.02. The number of nitrogens with zero attached hydrogens (tertiary/aromatic N) is 1. The molecule has 7 heteroatoms. The van der Waals surface area contributed by atoms with Crippen LogP contribution in [0.3, 0.4) is 0 Å². The quantitative estimate of drug-likeness (QED) is 0.362. The molecule has 3 aromatic rings. The Morgan fingerprint density at radius 2 is 1.87 bits per heavy atom. The van der Waals surface area contributed by atoms with Crippen LogP contribution in [0.25, 0.3) is 5.76 Å². The standard InChI is InChI=1S/C23H17ClFNO4/c1-13-5-10-18(30-13)20-19(21(27)15-3-2-4-16(24)11-15)22(28)23(29)26(20)12-14-6-8-17(25)9-7-14/h2-11,20,27H,12H2,1H3/b21-19-. The van der Waals surface area contributed by atoms with Gasteiger partial charge in [0.15, 0.2) is 0 Å². The molecule has 0 bridgehead atoms. The van der Waals surface area contributed by atoms with Crippen molar-refractivity contribution in [2.24, 2.45) is 0 Å². The molecule has 0 radical (unpaired) electrons. The van der Waals surface area contributed by atoms with Crippen molar-refractivity contribution in [2.45, 2.75) is 19.5 Å². The number of likely N-dealkylation sites (tertiary alicyclic amines) is 1. The number of hydrogen-bond donors (Lipinski definition) is 1. The van der Waals surface area contributed by atoms with Crippen LogP contribution in [0, 0.1) is 12.7 Å². The summed E-state index contributed by atoms with van der Waals surface area (Å²) in [5.41, 5.74) is 0.864. The van der Waals surface area contributed by atoms with Gasteiger partial charge in [0.05, 0.1) is 5.57 Å². The molecule has 152 valence electrons. The number of Topliss-reactive ketones (excluding diaryl/α,β-unsaturated/α-hetero) is 1. The van der Waals surface area contributed by atoms with Gasteiger partial charge in [-0.1, -0.05) is 35.9 Å². The van der Waals surface area contributed by atoms with E-state index in [0.717, 1.165) is 0 Å². The predicted molar refractivity (Wildman–Crippen MR) is 109 cm³/mol. The lowest BCUT2D eigenvalue weighted by Crippen LogP contribution is -2.29. The van der Waals surface area contributed by atoms with Crippen molar-refractivity contribution in [3.63, 3.8) is 0 Å². The van der Waals surface area contributed by atoms with Crippen molar-refractivity contribution in [3.05, 3.63) is 99.7 Å². The summed E-state index contributed by atoms with van der Waals surface area (Å²) < 4.78 is 19.0. The number of rotatable bonds is 4. The first kappa shape index (κ1) is 19.9. The van der Waals surface area contributed by atoms with Crippen molar-refractivity contribution in [3.8, 4) is 0 Å². The van der Waals surface area contributed by atoms with Gasteiger partial charge >= 0.3 is 0 Å². The maximum Gasteiger partial charge on any atom is 0.296 e. The Morgan fingerprint density at radius 1 is 1.13 bits per heavy atom. The molecule has 1 aliphatic heterocycles. The molecule has 4 rings (SSSR count). The molecule has 1 unspecified atom stereocenters. The van der Waals surface area contributed by atoms with Crippen LogP contribution < -0.4 is 0 Å². The molecular weight excluding hydrogens is 409 g/mol. The second-order valence-electron chi connectivity index (χ2n) is 7.01. The van der Waals surface area contributed by atoms with Gasteiger partial charge in [-0.2, -0.15) is 0 Å². The Labute approximate surface area is 177 Å². The molecular formula is C23H17ClFNO4. The lowest BCUT2D eigenvalue weighted by Gasteiger charge is -2.23. The van der Waals surface area contributed by atoms with E-state index in [9.17, 15) is 19.1 Å². The summed E-state index contributed by atoms with van der Waals surface area (Å²) in [6, 6.07) is 14.5. The molecule has 1 aliphatic rings. The van der Waals surface area contributed by atoms with E-state index in [4.69, 9.17) is 16.0 Å². The number of aliphatic hydroxyl groups is 1. The number of benzene rings is 2. The Balaban J connectivity index is 1.84. The van der Waals surface area contributed by atoms with Gasteiger partial charge in [0.2, 0.25) is 0 Å². The molecule has 0 aliphatic carbocycles. The zero-order valence-corrected chi connectivity index (χ0v) is 16.7. The first-order chi connectivity index (χ1) is 14.3. The minimum atomic E-state index is -0.928. The lowest BCUT2D eigenvalue weighted by atomic mass is 9.99. The topological polar surface area (TPSA) is 70.8 Å². The van der Waals surface area contributed by atoms with Crippen LogP contribution in [0.5, 0.6) is 0 Å². The van der Waals surface area contributed by atoms with Crippen molar-refractivity contribution in [1.82, 2.24) is 4.90 Å². The van der Waals surface area contributed by atoms with Gasteiger partial charge in [-0.3, -0.25) is 9.59 Å². The predicted octanol–water partition coefficient (Wildman–Crippen LogP) is 5.00. The fourth-order valence-corrected chi connectivity index (χ4v) is 3.71. The second kappa shape index (κ2) is 7.80. The van der Waals surface area contributed by atoms with Crippen molar-refractivity contribution >= 4 is 29.1 Å².